The Morgan fingerprint density at radius 3 is 2.56 bits per heavy atom. The SMILES string of the molecule is COc1ccc(Cl)cc1N=Cc1ccc(OCC(=O)OC(C)C)cc1. The van der Waals surface area contributed by atoms with Crippen LogP contribution in [0.2, 0.25) is 5.02 Å². The van der Waals surface area contributed by atoms with Crippen molar-refractivity contribution in [3.8, 4) is 11.5 Å². The van der Waals surface area contributed by atoms with Crippen LogP contribution in [0, 0.1) is 0 Å². The van der Waals surface area contributed by atoms with E-state index in [9.17, 15) is 4.79 Å². The smallest absolute Gasteiger partial charge is 0.344 e. The molecule has 0 aliphatic rings. The number of hydrogen-bond donors (Lipinski definition) is 0. The standard InChI is InChI=1S/C19H20ClNO4/c1-13(2)25-19(22)12-24-16-7-4-14(5-8-16)11-21-17-10-15(20)6-9-18(17)23-3/h4-11,13H,12H2,1-3H3. The fourth-order valence-electron chi connectivity index (χ4n) is 2.00. The lowest BCUT2D eigenvalue weighted by atomic mass is 10.2. The van der Waals surface area contributed by atoms with Crippen LogP contribution in [-0.4, -0.2) is 32.0 Å². The van der Waals surface area contributed by atoms with Crippen molar-refractivity contribution >= 4 is 29.5 Å². The zero-order valence-corrected chi connectivity index (χ0v) is 15.1. The molecule has 0 radical (unpaired) electrons. The number of esters is 1. The number of methoxy groups -OCH3 is 1. The van der Waals surface area contributed by atoms with Crippen LogP contribution in [0.25, 0.3) is 0 Å². The molecule has 5 nitrogen and oxygen atoms in total. The van der Waals surface area contributed by atoms with Gasteiger partial charge in [0.25, 0.3) is 0 Å². The maximum atomic E-state index is 11.4. The quantitative estimate of drug-likeness (QED) is 0.540. The second-order valence-electron chi connectivity index (χ2n) is 5.47. The van der Waals surface area contributed by atoms with Crippen molar-refractivity contribution in [1.82, 2.24) is 0 Å². The molecule has 2 rings (SSSR count). The molecule has 0 atom stereocenters. The van der Waals surface area contributed by atoms with E-state index < -0.39 is 5.97 Å². The molecule has 0 aliphatic heterocycles. The van der Waals surface area contributed by atoms with E-state index >= 15 is 0 Å². The van der Waals surface area contributed by atoms with E-state index in [1.54, 1.807) is 57.5 Å². The third kappa shape index (κ3) is 6.12. The van der Waals surface area contributed by atoms with Crippen LogP contribution in [0.1, 0.15) is 19.4 Å². The summed E-state index contributed by atoms with van der Waals surface area (Å²) in [6.07, 6.45) is 1.54. The molecule has 2 aromatic carbocycles. The number of aliphatic imine (C=N–C) groups is 1. The number of hydrogen-bond acceptors (Lipinski definition) is 5. The summed E-state index contributed by atoms with van der Waals surface area (Å²) in [6, 6.07) is 12.4. The van der Waals surface area contributed by atoms with Crippen LogP contribution in [-0.2, 0) is 9.53 Å². The van der Waals surface area contributed by atoms with Gasteiger partial charge in [0.1, 0.15) is 17.2 Å². The first-order valence-electron chi connectivity index (χ1n) is 7.78. The number of carbonyl (C=O) groups excluding carboxylic acids is 1. The van der Waals surface area contributed by atoms with Crippen LogP contribution >= 0.6 is 11.6 Å². The largest absolute Gasteiger partial charge is 0.494 e. The number of nitrogens with zero attached hydrogens (tertiary/aromatic N) is 1. The van der Waals surface area contributed by atoms with Gasteiger partial charge in [-0.2, -0.15) is 0 Å². The van der Waals surface area contributed by atoms with Crippen LogP contribution in [0.4, 0.5) is 5.69 Å². The van der Waals surface area contributed by atoms with Crippen LogP contribution in [0.3, 0.4) is 0 Å². The van der Waals surface area contributed by atoms with Gasteiger partial charge in [0.05, 0.1) is 13.2 Å². The number of rotatable bonds is 7. The molecule has 132 valence electrons. The molecular weight excluding hydrogens is 342 g/mol. The van der Waals surface area contributed by atoms with Gasteiger partial charge >= 0.3 is 5.97 Å². The monoisotopic (exact) mass is 361 g/mol. The Hall–Kier alpha value is -2.53. The van der Waals surface area contributed by atoms with Gasteiger partial charge in [-0.25, -0.2) is 4.79 Å². The summed E-state index contributed by atoms with van der Waals surface area (Å²) in [5, 5.41) is 0.588. The predicted molar refractivity (Wildman–Crippen MR) is 98.4 cm³/mol. The Morgan fingerprint density at radius 2 is 1.92 bits per heavy atom. The van der Waals surface area contributed by atoms with Crippen molar-refractivity contribution in [3.05, 3.63) is 53.1 Å². The molecular formula is C19H20ClNO4. The second-order valence-corrected chi connectivity index (χ2v) is 5.91. The minimum atomic E-state index is -0.395. The summed E-state index contributed by atoms with van der Waals surface area (Å²) in [5.41, 5.74) is 1.52. The van der Waals surface area contributed by atoms with Gasteiger partial charge in [0.2, 0.25) is 0 Å². The molecule has 0 spiro atoms. The molecule has 0 fully saturated rings. The van der Waals surface area contributed by atoms with E-state index in [1.165, 1.54) is 0 Å². The number of carbonyl (C=O) groups is 1. The lowest BCUT2D eigenvalue weighted by molar-refractivity contribution is -0.149. The van der Waals surface area contributed by atoms with E-state index in [1.807, 2.05) is 12.1 Å². The maximum absolute atomic E-state index is 11.4. The second kappa shape index (κ2) is 9.08. The van der Waals surface area contributed by atoms with Gasteiger partial charge in [-0.05, 0) is 61.9 Å². The van der Waals surface area contributed by atoms with Crippen LogP contribution < -0.4 is 9.47 Å². The summed E-state index contributed by atoms with van der Waals surface area (Å²) in [7, 11) is 1.58. The average Bonchev–Trinajstić information content (AvgIpc) is 2.58. The molecule has 0 saturated carbocycles. The molecule has 0 N–H and O–H groups in total. The highest BCUT2D eigenvalue weighted by Gasteiger charge is 2.06. The van der Waals surface area contributed by atoms with Crippen LogP contribution in [0.5, 0.6) is 11.5 Å². The molecule has 0 heterocycles. The number of ether oxygens (including phenoxy) is 3. The molecule has 0 saturated heterocycles. The van der Waals surface area contributed by atoms with Crippen molar-refractivity contribution in [3.63, 3.8) is 0 Å². The summed E-state index contributed by atoms with van der Waals surface area (Å²) < 4.78 is 15.6. The zero-order valence-electron chi connectivity index (χ0n) is 14.4. The van der Waals surface area contributed by atoms with E-state index in [4.69, 9.17) is 25.8 Å². The fourth-order valence-corrected chi connectivity index (χ4v) is 2.16. The van der Waals surface area contributed by atoms with Gasteiger partial charge < -0.3 is 14.2 Å². The van der Waals surface area contributed by atoms with E-state index in [-0.39, 0.29) is 12.7 Å². The Balaban J connectivity index is 1.98. The Kier molecular flexibility index (Phi) is 6.83. The third-order valence-electron chi connectivity index (χ3n) is 3.10. The number of halogens is 1. The molecule has 0 aliphatic carbocycles. The highest BCUT2D eigenvalue weighted by Crippen LogP contribution is 2.30. The first-order valence-corrected chi connectivity index (χ1v) is 8.15. The molecule has 25 heavy (non-hydrogen) atoms. The molecule has 0 unspecified atom stereocenters. The van der Waals surface area contributed by atoms with Crippen molar-refractivity contribution in [2.75, 3.05) is 13.7 Å². The van der Waals surface area contributed by atoms with Crippen molar-refractivity contribution in [2.45, 2.75) is 20.0 Å². The summed E-state index contributed by atoms with van der Waals surface area (Å²) in [5.74, 6) is 0.830. The Labute approximate surface area is 152 Å². The van der Waals surface area contributed by atoms with Crippen molar-refractivity contribution in [2.24, 2.45) is 4.99 Å². The van der Waals surface area contributed by atoms with Gasteiger partial charge in [0.15, 0.2) is 6.61 Å². The minimum Gasteiger partial charge on any atom is -0.494 e. The van der Waals surface area contributed by atoms with E-state index in [0.717, 1.165) is 5.56 Å². The highest BCUT2D eigenvalue weighted by atomic mass is 35.5. The zero-order chi connectivity index (χ0) is 18.2. The molecule has 6 heteroatoms. The van der Waals surface area contributed by atoms with E-state index in [2.05, 4.69) is 4.99 Å². The summed E-state index contributed by atoms with van der Waals surface area (Å²) in [6.45, 7) is 3.47. The van der Waals surface area contributed by atoms with Gasteiger partial charge in [-0.1, -0.05) is 11.6 Å². The minimum absolute atomic E-state index is 0.120. The Morgan fingerprint density at radius 1 is 1.20 bits per heavy atom. The highest BCUT2D eigenvalue weighted by molar-refractivity contribution is 6.30. The Bertz CT molecular complexity index is 742. The molecule has 0 aromatic heterocycles. The number of benzene rings is 2. The first kappa shape index (κ1) is 18.8. The summed E-state index contributed by atoms with van der Waals surface area (Å²) in [4.78, 5) is 15.8. The molecule has 0 bridgehead atoms. The normalized spacial score (nSPS) is 10.9. The van der Waals surface area contributed by atoms with Gasteiger partial charge in [-0.15, -0.1) is 0 Å². The van der Waals surface area contributed by atoms with Gasteiger partial charge in [0, 0.05) is 11.2 Å². The average molecular weight is 362 g/mol. The summed E-state index contributed by atoms with van der Waals surface area (Å²) >= 11 is 5.98. The van der Waals surface area contributed by atoms with Gasteiger partial charge in [-0.3, -0.25) is 4.99 Å². The fraction of sp³-hybridized carbons (Fsp3) is 0.263. The lowest BCUT2D eigenvalue weighted by Gasteiger charge is -2.09. The first-order chi connectivity index (χ1) is 12.0. The van der Waals surface area contributed by atoms with Crippen molar-refractivity contribution in [1.29, 1.82) is 0 Å². The molecule has 2 aromatic rings. The van der Waals surface area contributed by atoms with Crippen molar-refractivity contribution < 1.29 is 19.0 Å². The van der Waals surface area contributed by atoms with Crippen LogP contribution in [0.15, 0.2) is 47.5 Å². The lowest BCUT2D eigenvalue weighted by Crippen LogP contribution is -2.18. The predicted octanol–water partition coefficient (Wildman–Crippen LogP) is 4.43. The molecule has 0 amide bonds. The third-order valence-corrected chi connectivity index (χ3v) is 3.33. The van der Waals surface area contributed by atoms with E-state index in [0.29, 0.717) is 22.2 Å². The maximum Gasteiger partial charge on any atom is 0.344 e. The topological polar surface area (TPSA) is 57.1 Å².